The average Bonchev–Trinajstić information content (AvgIpc) is 3.50. The molecule has 0 spiro atoms. The molecule has 1 aliphatic heterocycles. The van der Waals surface area contributed by atoms with Crippen molar-refractivity contribution < 1.29 is 9.47 Å². The second-order valence-electron chi connectivity index (χ2n) is 6.79. The lowest BCUT2D eigenvalue weighted by Crippen LogP contribution is -2.41. The number of pyridine rings is 1. The van der Waals surface area contributed by atoms with Gasteiger partial charge in [-0.05, 0) is 12.3 Å². The summed E-state index contributed by atoms with van der Waals surface area (Å²) in [5.74, 6) is 3.72. The first-order chi connectivity index (χ1) is 13.2. The molecule has 9 nitrogen and oxygen atoms in total. The van der Waals surface area contributed by atoms with E-state index in [4.69, 9.17) is 15.2 Å². The van der Waals surface area contributed by atoms with E-state index in [1.165, 1.54) is 19.2 Å². The van der Waals surface area contributed by atoms with Crippen LogP contribution in [0.1, 0.15) is 19.3 Å². The molecular formula is C18H23N7O2. The van der Waals surface area contributed by atoms with Gasteiger partial charge in [-0.3, -0.25) is 0 Å². The minimum Gasteiger partial charge on any atom is -0.493 e. The summed E-state index contributed by atoms with van der Waals surface area (Å²) in [4.78, 5) is 19.4. The van der Waals surface area contributed by atoms with Gasteiger partial charge in [0.15, 0.2) is 23.1 Å². The van der Waals surface area contributed by atoms with Gasteiger partial charge >= 0.3 is 0 Å². The van der Waals surface area contributed by atoms with E-state index in [0.29, 0.717) is 41.6 Å². The molecule has 27 heavy (non-hydrogen) atoms. The minimum absolute atomic E-state index is 0.350. The Bertz CT molecular complexity index is 854. The Morgan fingerprint density at radius 3 is 3.00 bits per heavy atom. The smallest absolute Gasteiger partial charge is 0.229 e. The zero-order valence-electron chi connectivity index (χ0n) is 15.4. The van der Waals surface area contributed by atoms with Crippen molar-refractivity contribution in [1.82, 2.24) is 15.0 Å². The summed E-state index contributed by atoms with van der Waals surface area (Å²) in [5.41, 5.74) is 6.02. The summed E-state index contributed by atoms with van der Waals surface area (Å²) in [7, 11) is 3.62. The molecule has 4 rings (SSSR count). The molecule has 2 aliphatic rings. The van der Waals surface area contributed by atoms with Crippen LogP contribution in [0.4, 0.5) is 23.3 Å². The monoisotopic (exact) mass is 369 g/mol. The Morgan fingerprint density at radius 1 is 1.41 bits per heavy atom. The molecule has 142 valence electrons. The molecule has 9 heteroatoms. The minimum atomic E-state index is 0.350. The van der Waals surface area contributed by atoms with Gasteiger partial charge in [-0.25, -0.2) is 15.0 Å². The standard InChI is InChI=1S/C18H23N7O2/c1-25-13(5-11-3-4-11)9-27-15-8-21-18(24-17(15)25)23-12-6-14(26-2)16(20-7-12)22-10-19/h6-8,10-11,13H,3-5,9H2,1-2H3,(H2,19,20,22)(H,21,23,24). The molecule has 1 unspecified atom stereocenters. The predicted molar refractivity (Wildman–Crippen MR) is 103 cm³/mol. The Hall–Kier alpha value is -3.10. The van der Waals surface area contributed by atoms with Crippen molar-refractivity contribution in [2.24, 2.45) is 16.6 Å². The number of rotatable bonds is 6. The Morgan fingerprint density at radius 2 is 2.26 bits per heavy atom. The van der Waals surface area contributed by atoms with Gasteiger partial charge in [-0.15, -0.1) is 0 Å². The zero-order chi connectivity index (χ0) is 18.8. The first kappa shape index (κ1) is 17.3. The molecule has 1 fully saturated rings. The summed E-state index contributed by atoms with van der Waals surface area (Å²) < 4.78 is 11.2. The number of aromatic nitrogens is 3. The van der Waals surface area contributed by atoms with Crippen molar-refractivity contribution >= 4 is 29.6 Å². The van der Waals surface area contributed by atoms with Gasteiger partial charge in [0.1, 0.15) is 6.61 Å². The van der Waals surface area contributed by atoms with Crippen molar-refractivity contribution in [2.45, 2.75) is 25.3 Å². The Balaban J connectivity index is 1.54. The Kier molecular flexibility index (Phi) is 4.66. The highest BCUT2D eigenvalue weighted by Crippen LogP contribution is 2.39. The lowest BCUT2D eigenvalue weighted by atomic mass is 10.1. The number of aliphatic imine (C=N–C) groups is 1. The highest BCUT2D eigenvalue weighted by Gasteiger charge is 2.32. The van der Waals surface area contributed by atoms with Crippen molar-refractivity contribution in [2.75, 3.05) is 31.0 Å². The maximum Gasteiger partial charge on any atom is 0.229 e. The van der Waals surface area contributed by atoms with Gasteiger partial charge in [0.25, 0.3) is 0 Å². The van der Waals surface area contributed by atoms with Crippen LogP contribution in [0.2, 0.25) is 0 Å². The second kappa shape index (κ2) is 7.26. The van der Waals surface area contributed by atoms with Crippen LogP contribution in [0.25, 0.3) is 0 Å². The first-order valence-corrected chi connectivity index (χ1v) is 8.96. The third kappa shape index (κ3) is 3.71. The van der Waals surface area contributed by atoms with Gasteiger partial charge < -0.3 is 25.4 Å². The molecule has 0 aromatic carbocycles. The summed E-state index contributed by atoms with van der Waals surface area (Å²) in [5, 5.41) is 3.16. The molecule has 1 atom stereocenters. The second-order valence-corrected chi connectivity index (χ2v) is 6.79. The molecular weight excluding hydrogens is 346 g/mol. The fourth-order valence-electron chi connectivity index (χ4n) is 3.16. The van der Waals surface area contributed by atoms with Gasteiger partial charge in [-0.1, -0.05) is 12.8 Å². The lowest BCUT2D eigenvalue weighted by Gasteiger charge is -2.34. The van der Waals surface area contributed by atoms with Crippen molar-refractivity contribution in [3.05, 3.63) is 18.5 Å². The maximum atomic E-state index is 5.87. The van der Waals surface area contributed by atoms with E-state index in [-0.39, 0.29) is 0 Å². The molecule has 2 aromatic rings. The van der Waals surface area contributed by atoms with E-state index in [1.807, 2.05) is 0 Å². The molecule has 1 saturated carbocycles. The van der Waals surface area contributed by atoms with Gasteiger partial charge in [0.05, 0.1) is 37.6 Å². The van der Waals surface area contributed by atoms with E-state index in [1.54, 1.807) is 25.6 Å². The van der Waals surface area contributed by atoms with Crippen LogP contribution in [-0.2, 0) is 0 Å². The number of nitrogens with zero attached hydrogens (tertiary/aromatic N) is 5. The van der Waals surface area contributed by atoms with Gasteiger partial charge in [0, 0.05) is 13.1 Å². The van der Waals surface area contributed by atoms with Crippen LogP contribution in [0.5, 0.6) is 11.5 Å². The van der Waals surface area contributed by atoms with Gasteiger partial charge in [0.2, 0.25) is 5.95 Å². The Labute approximate surface area is 157 Å². The molecule has 0 saturated heterocycles. The average molecular weight is 369 g/mol. The highest BCUT2D eigenvalue weighted by atomic mass is 16.5. The third-order valence-corrected chi connectivity index (χ3v) is 4.86. The van der Waals surface area contributed by atoms with Crippen molar-refractivity contribution in [3.8, 4) is 11.5 Å². The van der Waals surface area contributed by atoms with Crippen LogP contribution in [0.3, 0.4) is 0 Å². The first-order valence-electron chi connectivity index (χ1n) is 8.96. The lowest BCUT2D eigenvalue weighted by molar-refractivity contribution is 0.252. The van der Waals surface area contributed by atoms with Crippen LogP contribution in [0, 0.1) is 5.92 Å². The van der Waals surface area contributed by atoms with Crippen LogP contribution < -0.4 is 25.4 Å². The molecule has 3 N–H and O–H groups in total. The SMILES string of the molecule is COc1cc(Nc2ncc3c(n2)N(C)C(CC2CC2)CO3)cnc1N=CN. The summed E-state index contributed by atoms with van der Waals surface area (Å²) in [6.45, 7) is 0.681. The van der Waals surface area contributed by atoms with E-state index < -0.39 is 0 Å². The largest absolute Gasteiger partial charge is 0.493 e. The number of hydrogen-bond donors (Lipinski definition) is 2. The van der Waals surface area contributed by atoms with Crippen molar-refractivity contribution in [3.63, 3.8) is 0 Å². The van der Waals surface area contributed by atoms with E-state index >= 15 is 0 Å². The summed E-state index contributed by atoms with van der Waals surface area (Å²) in [6, 6.07) is 2.12. The highest BCUT2D eigenvalue weighted by molar-refractivity contribution is 5.65. The molecule has 2 aromatic heterocycles. The zero-order valence-corrected chi connectivity index (χ0v) is 15.4. The predicted octanol–water partition coefficient (Wildman–Crippen LogP) is 2.24. The molecule has 0 bridgehead atoms. The number of ether oxygens (including phenoxy) is 2. The van der Waals surface area contributed by atoms with E-state index in [0.717, 1.165) is 18.2 Å². The normalized spacial score (nSPS) is 18.9. The number of methoxy groups -OCH3 is 1. The van der Waals surface area contributed by atoms with Crippen molar-refractivity contribution in [1.29, 1.82) is 0 Å². The molecule has 0 radical (unpaired) electrons. The molecule has 1 aliphatic carbocycles. The summed E-state index contributed by atoms with van der Waals surface area (Å²) in [6.07, 6.45) is 8.31. The quantitative estimate of drug-likeness (QED) is 0.589. The number of nitrogens with two attached hydrogens (primary N) is 1. The maximum absolute atomic E-state index is 5.87. The van der Waals surface area contributed by atoms with E-state index in [2.05, 4.69) is 37.2 Å². The topological polar surface area (TPSA) is 111 Å². The number of anilines is 3. The number of likely N-dealkylation sites (N-methyl/N-ethyl adjacent to an activating group) is 1. The van der Waals surface area contributed by atoms with E-state index in [9.17, 15) is 0 Å². The number of fused-ring (bicyclic) bond motifs is 1. The van der Waals surface area contributed by atoms with Crippen LogP contribution in [-0.4, -0.2) is 48.1 Å². The van der Waals surface area contributed by atoms with Crippen LogP contribution >= 0.6 is 0 Å². The fraction of sp³-hybridized carbons (Fsp3) is 0.444. The fourth-order valence-corrected chi connectivity index (χ4v) is 3.16. The third-order valence-electron chi connectivity index (χ3n) is 4.86. The molecule has 0 amide bonds. The summed E-state index contributed by atoms with van der Waals surface area (Å²) >= 11 is 0. The number of nitrogens with one attached hydrogen (secondary N) is 1. The van der Waals surface area contributed by atoms with Gasteiger partial charge in [-0.2, -0.15) is 4.98 Å². The molecule has 3 heterocycles. The van der Waals surface area contributed by atoms with Crippen LogP contribution in [0.15, 0.2) is 23.5 Å². The number of hydrogen-bond acceptors (Lipinski definition) is 8.